The fourth-order valence-electron chi connectivity index (χ4n) is 4.05. The Hall–Kier alpha value is -5.38. The lowest BCUT2D eigenvalue weighted by Gasteiger charge is -2.25. The molecule has 50 heavy (non-hydrogen) atoms. The first kappa shape index (κ1) is 44.6. The van der Waals surface area contributed by atoms with Gasteiger partial charge in [0, 0.05) is 12.8 Å². The number of amides is 8. The first-order chi connectivity index (χ1) is 23.3. The lowest BCUT2D eigenvalue weighted by Crippen LogP contribution is -2.59. The van der Waals surface area contributed by atoms with E-state index < -0.39 is 134 Å². The van der Waals surface area contributed by atoms with E-state index in [0.717, 1.165) is 0 Å². The molecule has 282 valence electrons. The minimum Gasteiger partial charge on any atom is -0.481 e. The Bertz CT molecular complexity index is 1260. The molecule has 6 atom stereocenters. The van der Waals surface area contributed by atoms with E-state index in [1.807, 2.05) is 0 Å². The van der Waals surface area contributed by atoms with E-state index in [9.17, 15) is 53.1 Å². The van der Waals surface area contributed by atoms with Gasteiger partial charge in [-0.05, 0) is 52.5 Å². The normalized spacial score (nSPS) is 14.2. The average Bonchev–Trinajstić information content (AvgIpc) is 3.01. The van der Waals surface area contributed by atoms with Crippen LogP contribution in [0.2, 0.25) is 0 Å². The number of carbonyl (C=O) groups is 10. The second-order valence-corrected chi connectivity index (χ2v) is 11.3. The van der Waals surface area contributed by atoms with Gasteiger partial charge < -0.3 is 65.0 Å². The lowest BCUT2D eigenvalue weighted by atomic mass is 10.1. The molecular formula is C28H48N10O12. The molecule has 0 aromatic heterocycles. The van der Waals surface area contributed by atoms with Gasteiger partial charge in [0.2, 0.25) is 47.3 Å². The third-order valence-electron chi connectivity index (χ3n) is 6.80. The van der Waals surface area contributed by atoms with Gasteiger partial charge in [-0.3, -0.25) is 43.2 Å². The highest BCUT2D eigenvalue weighted by atomic mass is 16.4. The highest BCUT2D eigenvalue weighted by Gasteiger charge is 2.32. The zero-order chi connectivity index (χ0) is 38.6. The lowest BCUT2D eigenvalue weighted by molar-refractivity contribution is -0.142. The predicted octanol–water partition coefficient (Wildman–Crippen LogP) is -5.89. The topological polar surface area (TPSA) is 387 Å². The molecule has 22 nitrogen and oxygen atoms in total. The molecule has 0 aliphatic carbocycles. The highest BCUT2D eigenvalue weighted by molar-refractivity contribution is 5.98. The molecule has 0 saturated heterocycles. The summed E-state index contributed by atoms with van der Waals surface area (Å²) in [6.07, 6.45) is -1.58. The molecule has 0 unspecified atom stereocenters. The van der Waals surface area contributed by atoms with Gasteiger partial charge in [-0.25, -0.2) is 4.79 Å². The number of rotatable bonds is 25. The fourth-order valence-corrected chi connectivity index (χ4v) is 4.05. The van der Waals surface area contributed by atoms with E-state index in [-0.39, 0.29) is 6.42 Å². The standard InChI is InChI=1S/C28H48N10O12/c1-13(30)23(44)36-16(7-9-22(42)43)26(47)38-18(11-20(32)40)27(48)37-15(6-8-19(31)39)25(46)34-14(2)24(45)33-12-21(41)35-17(28(49)50)5-3-4-10-29/h13-18H,3-12,29-30H2,1-2H3,(H2,31,39)(H2,32,40)(H,33,45)(H,34,46)(H,35,41)(H,36,44)(H,37,48)(H,38,47)(H,42,43)(H,49,50)/t13-,14-,15-,16-,17-,18-/m0/s1. The Morgan fingerprint density at radius 1 is 0.600 bits per heavy atom. The monoisotopic (exact) mass is 716 g/mol. The Balaban J connectivity index is 5.70. The maximum atomic E-state index is 13.2. The number of hydrogen-bond acceptors (Lipinski definition) is 12. The van der Waals surface area contributed by atoms with E-state index in [0.29, 0.717) is 19.4 Å². The summed E-state index contributed by atoms with van der Waals surface area (Å²) in [5, 5.41) is 31.7. The summed E-state index contributed by atoms with van der Waals surface area (Å²) < 4.78 is 0. The van der Waals surface area contributed by atoms with Crippen LogP contribution in [0.3, 0.4) is 0 Å². The Morgan fingerprint density at radius 3 is 1.62 bits per heavy atom. The van der Waals surface area contributed by atoms with Crippen molar-refractivity contribution in [2.75, 3.05) is 13.1 Å². The van der Waals surface area contributed by atoms with Gasteiger partial charge in [0.1, 0.15) is 30.2 Å². The molecule has 0 radical (unpaired) electrons. The van der Waals surface area contributed by atoms with E-state index in [2.05, 4.69) is 31.9 Å². The minimum atomic E-state index is -1.76. The molecule has 16 N–H and O–H groups in total. The molecule has 0 fully saturated rings. The molecule has 0 spiro atoms. The average molecular weight is 717 g/mol. The van der Waals surface area contributed by atoms with Crippen LogP contribution in [0, 0.1) is 0 Å². The number of aliphatic carboxylic acids is 2. The van der Waals surface area contributed by atoms with Crippen molar-refractivity contribution < 1.29 is 58.2 Å². The van der Waals surface area contributed by atoms with E-state index >= 15 is 0 Å². The number of carboxylic acids is 2. The number of unbranched alkanes of at least 4 members (excludes halogenated alkanes) is 1. The largest absolute Gasteiger partial charge is 0.481 e. The first-order valence-electron chi connectivity index (χ1n) is 15.5. The molecule has 0 heterocycles. The summed E-state index contributed by atoms with van der Waals surface area (Å²) in [6, 6.07) is -8.49. The van der Waals surface area contributed by atoms with Crippen LogP contribution in [-0.2, 0) is 47.9 Å². The van der Waals surface area contributed by atoms with Crippen LogP contribution >= 0.6 is 0 Å². The number of hydrogen-bond donors (Lipinski definition) is 12. The summed E-state index contributed by atoms with van der Waals surface area (Å²) in [7, 11) is 0. The Morgan fingerprint density at radius 2 is 1.12 bits per heavy atom. The molecule has 0 rings (SSSR count). The maximum absolute atomic E-state index is 13.2. The maximum Gasteiger partial charge on any atom is 0.326 e. The van der Waals surface area contributed by atoms with Crippen molar-refractivity contribution in [2.45, 2.75) is 101 Å². The number of carboxylic acid groups (broad SMARTS) is 2. The zero-order valence-corrected chi connectivity index (χ0v) is 27.8. The highest BCUT2D eigenvalue weighted by Crippen LogP contribution is 2.05. The summed E-state index contributed by atoms with van der Waals surface area (Å²) >= 11 is 0. The molecule has 8 amide bonds. The van der Waals surface area contributed by atoms with Crippen LogP contribution in [0.5, 0.6) is 0 Å². The van der Waals surface area contributed by atoms with Crippen molar-refractivity contribution >= 4 is 59.2 Å². The van der Waals surface area contributed by atoms with Crippen molar-refractivity contribution in [1.82, 2.24) is 31.9 Å². The fraction of sp³-hybridized carbons (Fsp3) is 0.643. The Labute approximate surface area is 286 Å². The summed E-state index contributed by atoms with van der Waals surface area (Å²) in [6.45, 7) is 2.21. The van der Waals surface area contributed by atoms with Crippen molar-refractivity contribution in [2.24, 2.45) is 22.9 Å². The quantitative estimate of drug-likeness (QED) is 0.0392. The number of carbonyl (C=O) groups excluding carboxylic acids is 8. The second-order valence-electron chi connectivity index (χ2n) is 11.3. The molecule has 0 aliphatic rings. The predicted molar refractivity (Wildman–Crippen MR) is 172 cm³/mol. The van der Waals surface area contributed by atoms with Gasteiger partial charge in [-0.15, -0.1) is 0 Å². The van der Waals surface area contributed by atoms with Crippen LogP contribution in [0.15, 0.2) is 0 Å². The van der Waals surface area contributed by atoms with Gasteiger partial charge in [-0.2, -0.15) is 0 Å². The van der Waals surface area contributed by atoms with Crippen LogP contribution in [0.1, 0.15) is 65.2 Å². The smallest absolute Gasteiger partial charge is 0.326 e. The summed E-state index contributed by atoms with van der Waals surface area (Å²) in [4.78, 5) is 122. The van der Waals surface area contributed by atoms with Crippen molar-refractivity contribution in [3.63, 3.8) is 0 Å². The second kappa shape index (κ2) is 23.1. The number of primary amides is 2. The van der Waals surface area contributed by atoms with Crippen LogP contribution in [0.4, 0.5) is 0 Å². The van der Waals surface area contributed by atoms with Gasteiger partial charge >= 0.3 is 11.9 Å². The van der Waals surface area contributed by atoms with Gasteiger partial charge in [-0.1, -0.05) is 0 Å². The third-order valence-corrected chi connectivity index (χ3v) is 6.80. The van der Waals surface area contributed by atoms with E-state index in [1.54, 1.807) is 0 Å². The number of nitrogens with two attached hydrogens (primary N) is 4. The molecule has 0 saturated carbocycles. The molecule has 0 bridgehead atoms. The third kappa shape index (κ3) is 18.8. The minimum absolute atomic E-state index is 0.108. The molecular weight excluding hydrogens is 668 g/mol. The molecule has 0 aromatic rings. The van der Waals surface area contributed by atoms with E-state index in [1.165, 1.54) is 13.8 Å². The van der Waals surface area contributed by atoms with Gasteiger partial charge in [0.05, 0.1) is 19.0 Å². The first-order valence-corrected chi connectivity index (χ1v) is 15.5. The van der Waals surface area contributed by atoms with Crippen LogP contribution in [-0.4, -0.2) is 119 Å². The van der Waals surface area contributed by atoms with Crippen molar-refractivity contribution in [1.29, 1.82) is 0 Å². The number of nitrogens with one attached hydrogen (secondary N) is 6. The summed E-state index contributed by atoms with van der Waals surface area (Å²) in [5.74, 6) is -10.3. The zero-order valence-electron chi connectivity index (χ0n) is 27.8. The Kier molecular flexibility index (Phi) is 20.6. The van der Waals surface area contributed by atoms with E-state index in [4.69, 9.17) is 28.0 Å². The van der Waals surface area contributed by atoms with Crippen LogP contribution in [0.25, 0.3) is 0 Å². The van der Waals surface area contributed by atoms with Crippen molar-refractivity contribution in [3.05, 3.63) is 0 Å². The SMILES string of the molecule is C[C@H](N)C(=O)N[C@@H](CCC(=O)O)C(=O)N[C@@H](CC(N)=O)C(=O)N[C@@H](CCC(N)=O)C(=O)N[C@@H](C)C(=O)NCC(=O)N[C@@H](CCCCN)C(=O)O. The molecule has 22 heteroatoms. The molecule has 0 aliphatic heterocycles. The van der Waals surface area contributed by atoms with Crippen LogP contribution < -0.4 is 54.8 Å². The van der Waals surface area contributed by atoms with Gasteiger partial charge in [0.25, 0.3) is 0 Å². The molecule has 0 aromatic carbocycles. The van der Waals surface area contributed by atoms with Gasteiger partial charge in [0.15, 0.2) is 0 Å². The summed E-state index contributed by atoms with van der Waals surface area (Å²) in [5.41, 5.74) is 21.3. The van der Waals surface area contributed by atoms with Crippen molar-refractivity contribution in [3.8, 4) is 0 Å².